The van der Waals surface area contributed by atoms with Gasteiger partial charge in [-0.05, 0) is 38.0 Å². The van der Waals surface area contributed by atoms with E-state index in [-0.39, 0.29) is 18.2 Å². The van der Waals surface area contributed by atoms with Gasteiger partial charge in [-0.1, -0.05) is 6.07 Å². The highest BCUT2D eigenvalue weighted by atomic mass is 16.5. The minimum absolute atomic E-state index is 0.141. The van der Waals surface area contributed by atoms with Gasteiger partial charge in [0.1, 0.15) is 5.75 Å². The number of ether oxygens (including phenoxy) is 1. The number of carbonyl (C=O) groups excluding carboxylic acids is 3. The van der Waals surface area contributed by atoms with Crippen molar-refractivity contribution >= 4 is 29.2 Å². The van der Waals surface area contributed by atoms with E-state index >= 15 is 0 Å². The molecule has 24 heavy (non-hydrogen) atoms. The molecule has 1 aliphatic heterocycles. The summed E-state index contributed by atoms with van der Waals surface area (Å²) in [6, 6.07) is 4.93. The van der Waals surface area contributed by atoms with E-state index in [0.29, 0.717) is 23.6 Å². The largest absolute Gasteiger partial charge is 0.495 e. The summed E-state index contributed by atoms with van der Waals surface area (Å²) in [7, 11) is 2.93. The molecular weight excluding hydrogens is 310 g/mol. The Morgan fingerprint density at radius 1 is 1.33 bits per heavy atom. The number of methoxy groups -OCH3 is 1. The van der Waals surface area contributed by atoms with Gasteiger partial charge in [-0.2, -0.15) is 0 Å². The van der Waals surface area contributed by atoms with E-state index in [4.69, 9.17) is 4.74 Å². The smallest absolute Gasteiger partial charge is 0.349 e. The number of urea groups is 1. The Kier molecular flexibility index (Phi) is 5.33. The Balaban J connectivity index is 2.01. The third-order valence-electron chi connectivity index (χ3n) is 3.98. The molecule has 0 aromatic heterocycles. The van der Waals surface area contributed by atoms with Crippen LogP contribution in [0.15, 0.2) is 23.2 Å². The molecule has 1 aliphatic rings. The van der Waals surface area contributed by atoms with E-state index in [1.54, 1.807) is 13.0 Å². The highest BCUT2D eigenvalue weighted by Crippen LogP contribution is 2.26. The van der Waals surface area contributed by atoms with Gasteiger partial charge in [-0.15, -0.1) is 0 Å². The lowest BCUT2D eigenvalue weighted by Gasteiger charge is -2.25. The summed E-state index contributed by atoms with van der Waals surface area (Å²) >= 11 is 0. The fourth-order valence-corrected chi connectivity index (χ4v) is 2.55. The predicted molar refractivity (Wildman–Crippen MR) is 90.4 cm³/mol. The molecule has 0 aliphatic carbocycles. The lowest BCUT2D eigenvalue weighted by Crippen LogP contribution is -2.43. The molecule has 1 aromatic carbocycles. The Labute approximate surface area is 140 Å². The van der Waals surface area contributed by atoms with E-state index in [0.717, 1.165) is 10.5 Å². The van der Waals surface area contributed by atoms with Crippen LogP contribution in [0, 0.1) is 12.8 Å². The van der Waals surface area contributed by atoms with E-state index < -0.39 is 11.9 Å². The van der Waals surface area contributed by atoms with Gasteiger partial charge in [-0.3, -0.25) is 14.5 Å². The van der Waals surface area contributed by atoms with Gasteiger partial charge < -0.3 is 10.1 Å². The highest BCUT2D eigenvalue weighted by molar-refractivity contribution is 6.15. The predicted octanol–water partition coefficient (Wildman–Crippen LogP) is 2.39. The topological polar surface area (TPSA) is 88.1 Å². The highest BCUT2D eigenvalue weighted by Gasteiger charge is 2.33. The molecule has 0 radical (unpaired) electrons. The van der Waals surface area contributed by atoms with Gasteiger partial charge in [0.25, 0.3) is 0 Å². The van der Waals surface area contributed by atoms with Gasteiger partial charge in [0.15, 0.2) is 0 Å². The van der Waals surface area contributed by atoms with Crippen molar-refractivity contribution in [3.05, 3.63) is 23.8 Å². The van der Waals surface area contributed by atoms with Crippen molar-refractivity contribution in [2.75, 3.05) is 19.5 Å². The monoisotopic (exact) mass is 331 g/mol. The van der Waals surface area contributed by atoms with Crippen LogP contribution >= 0.6 is 0 Å². The van der Waals surface area contributed by atoms with E-state index in [1.165, 1.54) is 14.2 Å². The van der Waals surface area contributed by atoms with Crippen molar-refractivity contribution in [1.29, 1.82) is 0 Å². The summed E-state index contributed by atoms with van der Waals surface area (Å²) in [5, 5.41) is 2.80. The molecular formula is C17H21N3O4. The number of aryl methyl sites for hydroxylation is 1. The number of carbonyl (C=O) groups is 3. The number of imide groups is 1. The molecule has 1 atom stereocenters. The fourth-order valence-electron chi connectivity index (χ4n) is 2.55. The lowest BCUT2D eigenvalue weighted by atomic mass is 9.95. The normalized spacial score (nSPS) is 17.6. The minimum Gasteiger partial charge on any atom is -0.495 e. The summed E-state index contributed by atoms with van der Waals surface area (Å²) < 4.78 is 5.22. The van der Waals surface area contributed by atoms with Crippen LogP contribution in [0.1, 0.15) is 25.3 Å². The Morgan fingerprint density at radius 2 is 2.04 bits per heavy atom. The molecule has 128 valence electrons. The van der Waals surface area contributed by atoms with Crippen LogP contribution in [-0.2, 0) is 9.59 Å². The molecule has 1 unspecified atom stereocenters. The second-order valence-electron chi connectivity index (χ2n) is 5.78. The molecule has 7 nitrogen and oxygen atoms in total. The quantitative estimate of drug-likeness (QED) is 0.897. The molecule has 2 rings (SSSR count). The summed E-state index contributed by atoms with van der Waals surface area (Å²) in [5.41, 5.74) is 2.04. The molecule has 1 N–H and O–H groups in total. The van der Waals surface area contributed by atoms with Crippen molar-refractivity contribution < 1.29 is 19.1 Å². The van der Waals surface area contributed by atoms with Crippen LogP contribution in [0.3, 0.4) is 0 Å². The van der Waals surface area contributed by atoms with Crippen molar-refractivity contribution in [2.45, 2.75) is 26.7 Å². The third kappa shape index (κ3) is 3.79. The molecule has 0 bridgehead atoms. The fraction of sp³-hybridized carbons (Fsp3) is 0.412. The van der Waals surface area contributed by atoms with Gasteiger partial charge in [0.05, 0.1) is 18.7 Å². The van der Waals surface area contributed by atoms with Gasteiger partial charge in [0, 0.05) is 19.2 Å². The van der Waals surface area contributed by atoms with E-state index in [2.05, 4.69) is 10.3 Å². The van der Waals surface area contributed by atoms with Crippen molar-refractivity contribution in [2.24, 2.45) is 10.9 Å². The molecule has 0 saturated carbocycles. The summed E-state index contributed by atoms with van der Waals surface area (Å²) in [6.07, 6.45) is 0.439. The maximum Gasteiger partial charge on any atom is 0.349 e. The molecule has 0 saturated heterocycles. The number of hydrogen-bond acceptors (Lipinski definition) is 4. The zero-order valence-corrected chi connectivity index (χ0v) is 14.3. The average Bonchev–Trinajstić information content (AvgIpc) is 2.53. The molecule has 1 aromatic rings. The molecule has 7 heteroatoms. The zero-order chi connectivity index (χ0) is 17.9. The maximum absolute atomic E-state index is 12.2. The van der Waals surface area contributed by atoms with Gasteiger partial charge >= 0.3 is 6.03 Å². The molecule has 0 fully saturated rings. The number of nitrogens with zero attached hydrogens (tertiary/aromatic N) is 2. The SMILES string of the molecule is COc1ccc(C)cc1NC(=O)CCC1C(=O)N(C)C(=O)N=C1C. The van der Waals surface area contributed by atoms with Crippen LogP contribution in [0.5, 0.6) is 5.75 Å². The van der Waals surface area contributed by atoms with Crippen LogP contribution in [0.4, 0.5) is 10.5 Å². The first-order valence-corrected chi connectivity index (χ1v) is 7.64. The van der Waals surface area contributed by atoms with Gasteiger partial charge in [-0.25, -0.2) is 9.79 Å². The van der Waals surface area contributed by atoms with Crippen molar-refractivity contribution in [3.8, 4) is 5.75 Å². The lowest BCUT2D eigenvalue weighted by molar-refractivity contribution is -0.129. The van der Waals surface area contributed by atoms with Crippen LogP contribution < -0.4 is 10.1 Å². The number of amides is 4. The standard InChI is InChI=1S/C17H21N3O4/c1-10-5-7-14(24-4)13(9-10)19-15(21)8-6-12-11(2)18-17(23)20(3)16(12)22/h5,7,9,12H,6,8H2,1-4H3,(H,19,21). The van der Waals surface area contributed by atoms with Crippen LogP contribution in [0.25, 0.3) is 0 Å². The number of hydrogen-bond donors (Lipinski definition) is 1. The van der Waals surface area contributed by atoms with Crippen molar-refractivity contribution in [1.82, 2.24) is 4.90 Å². The molecule has 1 heterocycles. The average molecular weight is 331 g/mol. The molecule has 0 spiro atoms. The summed E-state index contributed by atoms with van der Waals surface area (Å²) in [6.45, 7) is 3.55. The van der Waals surface area contributed by atoms with Crippen LogP contribution in [0.2, 0.25) is 0 Å². The molecule has 4 amide bonds. The number of anilines is 1. The zero-order valence-electron chi connectivity index (χ0n) is 14.3. The number of rotatable bonds is 5. The summed E-state index contributed by atoms with van der Waals surface area (Å²) in [4.78, 5) is 40.6. The first kappa shape index (κ1) is 17.7. The first-order valence-electron chi connectivity index (χ1n) is 7.64. The van der Waals surface area contributed by atoms with Crippen molar-refractivity contribution in [3.63, 3.8) is 0 Å². The maximum atomic E-state index is 12.2. The number of benzene rings is 1. The number of nitrogens with one attached hydrogen (secondary N) is 1. The van der Waals surface area contributed by atoms with E-state index in [1.807, 2.05) is 19.1 Å². The van der Waals surface area contributed by atoms with Crippen LogP contribution in [-0.4, -0.2) is 42.6 Å². The minimum atomic E-state index is -0.567. The van der Waals surface area contributed by atoms with Gasteiger partial charge in [0.2, 0.25) is 11.8 Å². The third-order valence-corrected chi connectivity index (χ3v) is 3.98. The first-order chi connectivity index (χ1) is 11.3. The second kappa shape index (κ2) is 7.25. The second-order valence-corrected chi connectivity index (χ2v) is 5.78. The Morgan fingerprint density at radius 3 is 2.71 bits per heavy atom. The number of aliphatic imine (C=N–C) groups is 1. The van der Waals surface area contributed by atoms with E-state index in [9.17, 15) is 14.4 Å². The summed E-state index contributed by atoms with van der Waals surface area (Å²) in [5.74, 6) is -0.517. The Bertz CT molecular complexity index is 712. The Hall–Kier alpha value is -2.70.